The summed E-state index contributed by atoms with van der Waals surface area (Å²) in [5, 5.41) is 17.8. The molecule has 17 aromatic rings. The standard InChI is InChI=1S/C74H40N4S2/c1-76-66-62(45-24-10-4-11-25-45)59(42-75)67(63(46-26-12-5-13-27-46)70(66)77-60-36-18-32-51-49-28-14-15-29-50(49)52-33-19-37-61(77)65(52)64(51)60)78-68-53(38-40-57-55-34-16-30-47(71(55)79-73(57)68)43-20-6-2-7-21-43)54-39-41-58-56-35-17-31-48(44-22-8-3-9-23-44)72(56)80-74(58)69(54)78/h2-41H/i2D,3D,6D,7D,8D,9D,14D,15D,18D,20D,21D,22D,23D,28D,29D,32D,36D. The lowest BCUT2D eigenvalue weighted by Gasteiger charge is -2.26. The number of aromatic nitrogens is 2. The van der Waals surface area contributed by atoms with Gasteiger partial charge in [-0.15, -0.1) is 22.7 Å². The Morgan fingerprint density at radius 2 is 0.875 bits per heavy atom. The van der Waals surface area contributed by atoms with Crippen molar-refractivity contribution >= 4 is 134 Å². The highest BCUT2D eigenvalue weighted by atomic mass is 32.1. The van der Waals surface area contributed by atoms with Crippen LogP contribution in [0.5, 0.6) is 0 Å². The van der Waals surface area contributed by atoms with E-state index in [4.69, 9.17) is 11.0 Å². The number of benzene rings is 13. The van der Waals surface area contributed by atoms with Crippen molar-refractivity contribution in [1.29, 1.82) is 5.26 Å². The molecule has 6 heteroatoms. The zero-order chi connectivity index (χ0) is 67.5. The first-order valence-electron chi connectivity index (χ1n) is 34.0. The summed E-state index contributed by atoms with van der Waals surface area (Å²) in [4.78, 5) is 4.46. The third-order valence-corrected chi connectivity index (χ3v) is 18.1. The molecule has 0 amide bonds. The van der Waals surface area contributed by atoms with Crippen LogP contribution in [0, 0.1) is 17.9 Å². The normalized spacial score (nSPS) is 14.9. The molecule has 13 aromatic carbocycles. The van der Waals surface area contributed by atoms with Crippen molar-refractivity contribution in [2.75, 3.05) is 0 Å². The van der Waals surface area contributed by atoms with Gasteiger partial charge in [-0.3, -0.25) is 0 Å². The van der Waals surface area contributed by atoms with Crippen LogP contribution in [0.3, 0.4) is 0 Å². The summed E-state index contributed by atoms with van der Waals surface area (Å²) < 4.78 is 162. The zero-order valence-corrected chi connectivity index (χ0v) is 43.0. The molecule has 80 heavy (non-hydrogen) atoms. The van der Waals surface area contributed by atoms with Gasteiger partial charge in [0.25, 0.3) is 0 Å². The monoisotopic (exact) mass is 1070 g/mol. The second-order valence-electron chi connectivity index (χ2n) is 19.5. The van der Waals surface area contributed by atoms with E-state index in [0.717, 1.165) is 0 Å². The minimum absolute atomic E-state index is 0.00305. The van der Waals surface area contributed by atoms with Crippen LogP contribution in [-0.4, -0.2) is 9.13 Å². The van der Waals surface area contributed by atoms with Crippen LogP contribution in [0.4, 0.5) is 5.69 Å². The van der Waals surface area contributed by atoms with E-state index in [0.29, 0.717) is 101 Å². The van der Waals surface area contributed by atoms with Gasteiger partial charge in [0, 0.05) is 63.6 Å². The molecule has 4 heterocycles. The number of nitriles is 1. The molecule has 0 unspecified atom stereocenters. The molecule has 0 atom stereocenters. The first kappa shape index (κ1) is 31.2. The van der Waals surface area contributed by atoms with E-state index in [-0.39, 0.29) is 78.0 Å². The molecule has 0 aliphatic carbocycles. The van der Waals surface area contributed by atoms with Crippen LogP contribution >= 0.6 is 22.7 Å². The fourth-order valence-electron chi connectivity index (χ4n) is 12.5. The summed E-state index contributed by atoms with van der Waals surface area (Å²) >= 11 is 2.65. The van der Waals surface area contributed by atoms with Crippen LogP contribution in [-0.2, 0) is 0 Å². The molecular weight excluding hydrogens is 1010 g/mol. The predicted octanol–water partition coefficient (Wildman–Crippen LogP) is 21.5. The SMILES string of the molecule is [2H]c1c([2H])c([2H])c(-c2cccc3c2sc2c3ccc3c4ccc5c6cccc(-c7c([2H])c([2H])c([2H])c([2H])c7[2H])c6sc5c4n(-c4c(C#N)c(-c5ccccc5)c([N+]#[C-])c(-n5c6cccc7c8c([2H])c([2H])c([2H])c([2H])c8c8c([2H])c([2H])c([2H])c5c8c76)c4-c4ccccc4)c32)c([2H])c1[2H]. The number of hydrogen-bond donors (Lipinski definition) is 0. The van der Waals surface area contributed by atoms with E-state index in [1.807, 2.05) is 77.4 Å². The van der Waals surface area contributed by atoms with E-state index in [1.54, 1.807) is 71.3 Å². The average molecular weight is 1070 g/mol. The minimum Gasteiger partial charge on any atom is -0.318 e. The van der Waals surface area contributed by atoms with Gasteiger partial charge in [-0.1, -0.05) is 230 Å². The Balaban J connectivity index is 1.16. The Hall–Kier alpha value is -10.3. The van der Waals surface area contributed by atoms with Gasteiger partial charge in [-0.25, -0.2) is 4.85 Å². The summed E-state index contributed by atoms with van der Waals surface area (Å²) in [6.07, 6.45) is 0. The molecule has 0 saturated carbocycles. The van der Waals surface area contributed by atoms with Crippen molar-refractivity contribution in [2.45, 2.75) is 0 Å². The van der Waals surface area contributed by atoms with Crippen molar-refractivity contribution in [1.82, 2.24) is 9.13 Å². The topological polar surface area (TPSA) is 38.0 Å². The van der Waals surface area contributed by atoms with Gasteiger partial charge in [-0.05, 0) is 67.0 Å². The highest BCUT2D eigenvalue weighted by Gasteiger charge is 2.34. The van der Waals surface area contributed by atoms with Crippen molar-refractivity contribution in [3.8, 4) is 62.0 Å². The first-order valence-corrected chi connectivity index (χ1v) is 27.1. The van der Waals surface area contributed by atoms with Crippen molar-refractivity contribution < 1.29 is 23.3 Å². The fraction of sp³-hybridized carbons (Fsp3) is 0. The Labute approximate surface area is 490 Å². The van der Waals surface area contributed by atoms with Crippen LogP contribution in [0.25, 0.3) is 166 Å². The largest absolute Gasteiger partial charge is 0.318 e. The summed E-state index contributed by atoms with van der Waals surface area (Å²) in [5.74, 6) is 0. The van der Waals surface area contributed by atoms with Crippen molar-refractivity contribution in [3.05, 3.63) is 259 Å². The van der Waals surface area contributed by atoms with E-state index in [2.05, 4.69) is 10.9 Å². The molecule has 0 radical (unpaired) electrons. The molecule has 0 fully saturated rings. The molecule has 0 bridgehead atoms. The lowest BCUT2D eigenvalue weighted by molar-refractivity contribution is 1.14. The molecule has 0 N–H and O–H groups in total. The smallest absolute Gasteiger partial charge is 0.220 e. The molecular formula is C74H40N4S2. The zero-order valence-electron chi connectivity index (χ0n) is 58.4. The molecule has 0 aliphatic heterocycles. The second-order valence-corrected chi connectivity index (χ2v) is 21.5. The van der Waals surface area contributed by atoms with Crippen LogP contribution in [0.2, 0.25) is 0 Å². The number of hydrogen-bond acceptors (Lipinski definition) is 3. The highest BCUT2D eigenvalue weighted by molar-refractivity contribution is 7.28. The predicted molar refractivity (Wildman–Crippen MR) is 340 cm³/mol. The Morgan fingerprint density at radius 1 is 0.388 bits per heavy atom. The molecule has 0 aliphatic rings. The van der Waals surface area contributed by atoms with E-state index in [1.165, 1.54) is 22.7 Å². The van der Waals surface area contributed by atoms with Crippen LogP contribution in [0.1, 0.15) is 28.9 Å². The summed E-state index contributed by atoms with van der Waals surface area (Å²) in [7, 11) is 0. The van der Waals surface area contributed by atoms with Crippen LogP contribution in [0.15, 0.2) is 242 Å². The third-order valence-electron chi connectivity index (χ3n) is 15.6. The van der Waals surface area contributed by atoms with E-state index < -0.39 is 96.7 Å². The summed E-state index contributed by atoms with van der Waals surface area (Å²) in [6, 6.07) is 36.8. The van der Waals surface area contributed by atoms with Gasteiger partial charge in [-0.2, -0.15) is 5.26 Å². The maximum Gasteiger partial charge on any atom is 0.220 e. The fourth-order valence-corrected chi connectivity index (χ4v) is 15.2. The molecule has 368 valence electrons. The molecule has 0 saturated heterocycles. The van der Waals surface area contributed by atoms with Gasteiger partial charge in [0.2, 0.25) is 5.69 Å². The summed E-state index contributed by atoms with van der Waals surface area (Å²) in [6.45, 7) is 9.60. The van der Waals surface area contributed by atoms with Crippen LogP contribution < -0.4 is 0 Å². The second kappa shape index (κ2) is 17.1. The molecule has 17 rings (SSSR count). The van der Waals surface area contributed by atoms with E-state index >= 15 is 0 Å². The average Bonchev–Trinajstić information content (AvgIpc) is 1.55. The quantitative estimate of drug-likeness (QED) is 0.121. The van der Waals surface area contributed by atoms with Gasteiger partial charge >= 0.3 is 0 Å². The highest BCUT2D eigenvalue weighted by Crippen LogP contribution is 2.56. The van der Waals surface area contributed by atoms with Gasteiger partial charge < -0.3 is 9.13 Å². The maximum atomic E-state index is 12.6. The third kappa shape index (κ3) is 6.06. The molecule has 4 aromatic heterocycles. The maximum absolute atomic E-state index is 12.6. The van der Waals surface area contributed by atoms with Gasteiger partial charge in [0.1, 0.15) is 6.07 Å². The minimum atomic E-state index is -0.555. The number of nitrogens with zero attached hydrogens (tertiary/aromatic N) is 4. The van der Waals surface area contributed by atoms with E-state index in [9.17, 15) is 24.2 Å². The van der Waals surface area contributed by atoms with Gasteiger partial charge in [0.15, 0.2) is 0 Å². The summed E-state index contributed by atoms with van der Waals surface area (Å²) in [5.41, 5.74) is 3.97. The number of rotatable bonds is 6. The Morgan fingerprint density at radius 3 is 1.45 bits per heavy atom. The number of fused-ring (bicyclic) bond motifs is 14. The lowest BCUT2D eigenvalue weighted by Crippen LogP contribution is -2.09. The molecule has 4 nitrogen and oxygen atoms in total. The Bertz CT molecular complexity index is 6360. The van der Waals surface area contributed by atoms with Crippen molar-refractivity contribution in [2.24, 2.45) is 0 Å². The number of thiophene rings is 2. The lowest BCUT2D eigenvalue weighted by atomic mass is 9.88. The first-order chi connectivity index (χ1) is 46.7. The van der Waals surface area contributed by atoms with Crippen molar-refractivity contribution in [3.63, 3.8) is 0 Å². The Kier molecular flexibility index (Phi) is 6.65. The van der Waals surface area contributed by atoms with Gasteiger partial charge in [0.05, 0.1) is 78.3 Å². The molecule has 0 spiro atoms.